The Morgan fingerprint density at radius 1 is 1.06 bits per heavy atom. The lowest BCUT2D eigenvalue weighted by Gasteiger charge is -2.03. The van der Waals surface area contributed by atoms with E-state index in [4.69, 9.17) is 5.26 Å². The molecule has 88 valence electrons. The van der Waals surface area contributed by atoms with Crippen LogP contribution in [0.3, 0.4) is 0 Å². The second-order valence-electron chi connectivity index (χ2n) is 3.58. The van der Waals surface area contributed by atoms with Crippen molar-refractivity contribution < 1.29 is 9.67 Å². The molecule has 0 bridgehead atoms. The van der Waals surface area contributed by atoms with Gasteiger partial charge in [0.25, 0.3) is 5.88 Å². The van der Waals surface area contributed by atoms with Gasteiger partial charge in [-0.05, 0) is 12.1 Å². The van der Waals surface area contributed by atoms with Gasteiger partial charge in [-0.2, -0.15) is 9.83 Å². The lowest BCUT2D eigenvalue weighted by Crippen LogP contribution is -2.32. The van der Waals surface area contributed by atoms with E-state index >= 15 is 0 Å². The fourth-order valence-electron chi connectivity index (χ4n) is 1.50. The van der Waals surface area contributed by atoms with Crippen LogP contribution in [-0.4, -0.2) is 5.11 Å². The molecule has 0 atom stereocenters. The van der Waals surface area contributed by atoms with E-state index in [1.807, 2.05) is 30.3 Å². The van der Waals surface area contributed by atoms with E-state index in [-0.39, 0.29) is 11.6 Å². The maximum absolute atomic E-state index is 9.94. The number of hydrogen-bond acceptors (Lipinski definition) is 3. The second kappa shape index (κ2) is 5.51. The van der Waals surface area contributed by atoms with Gasteiger partial charge in [0, 0.05) is 17.8 Å². The van der Waals surface area contributed by atoms with E-state index in [2.05, 4.69) is 5.32 Å². The van der Waals surface area contributed by atoms with Crippen LogP contribution in [0.5, 0.6) is 0 Å². The molecule has 0 saturated carbocycles. The molecule has 0 saturated heterocycles. The molecule has 2 rings (SSSR count). The summed E-state index contributed by atoms with van der Waals surface area (Å²) in [6, 6.07) is 16.6. The number of pyridine rings is 1. The zero-order chi connectivity index (χ0) is 12.8. The van der Waals surface area contributed by atoms with Crippen LogP contribution >= 0.6 is 0 Å². The SMILES string of the molecule is N#C/C(=C(\O)Nc1ccccc1)[n+]1ccccc1. The maximum Gasteiger partial charge on any atom is 0.349 e. The Labute approximate surface area is 105 Å². The molecule has 1 heterocycles. The summed E-state index contributed by atoms with van der Waals surface area (Å²) in [5.74, 6) is -0.181. The molecule has 1 aromatic heterocycles. The van der Waals surface area contributed by atoms with E-state index in [1.54, 1.807) is 41.2 Å². The Morgan fingerprint density at radius 2 is 1.67 bits per heavy atom. The maximum atomic E-state index is 9.94. The number of anilines is 1. The highest BCUT2D eigenvalue weighted by atomic mass is 16.3. The average molecular weight is 238 g/mol. The third kappa shape index (κ3) is 2.66. The smallest absolute Gasteiger partial charge is 0.349 e. The van der Waals surface area contributed by atoms with Crippen molar-refractivity contribution >= 4 is 11.4 Å². The van der Waals surface area contributed by atoms with Crippen LogP contribution in [0.15, 0.2) is 66.8 Å². The van der Waals surface area contributed by atoms with E-state index in [1.165, 1.54) is 0 Å². The van der Waals surface area contributed by atoms with Gasteiger partial charge in [-0.25, -0.2) is 0 Å². The zero-order valence-electron chi connectivity index (χ0n) is 9.62. The third-order valence-electron chi connectivity index (χ3n) is 2.34. The first-order valence-corrected chi connectivity index (χ1v) is 5.43. The van der Waals surface area contributed by atoms with Crippen LogP contribution in [0, 0.1) is 11.3 Å². The van der Waals surface area contributed by atoms with Gasteiger partial charge in [0.2, 0.25) is 0 Å². The predicted molar refractivity (Wildman–Crippen MR) is 68.2 cm³/mol. The number of para-hydroxylation sites is 1. The number of benzene rings is 1. The summed E-state index contributed by atoms with van der Waals surface area (Å²) in [6.45, 7) is 0. The number of nitrogens with zero attached hydrogens (tertiary/aromatic N) is 2. The van der Waals surface area contributed by atoms with Gasteiger partial charge in [0.1, 0.15) is 0 Å². The molecule has 0 aliphatic rings. The minimum atomic E-state index is -0.181. The molecule has 0 radical (unpaired) electrons. The normalized spacial score (nSPS) is 11.3. The van der Waals surface area contributed by atoms with Crippen molar-refractivity contribution in [3.63, 3.8) is 0 Å². The Hall–Kier alpha value is -2.80. The molecule has 0 aliphatic carbocycles. The number of aliphatic hydroxyl groups is 1. The predicted octanol–water partition coefficient (Wildman–Crippen LogP) is 2.29. The molecular weight excluding hydrogens is 226 g/mol. The van der Waals surface area contributed by atoms with E-state index in [0.717, 1.165) is 5.69 Å². The van der Waals surface area contributed by atoms with Crippen molar-refractivity contribution in [1.29, 1.82) is 5.26 Å². The lowest BCUT2D eigenvalue weighted by molar-refractivity contribution is -0.579. The molecule has 2 N–H and O–H groups in total. The van der Waals surface area contributed by atoms with Crippen molar-refractivity contribution in [2.75, 3.05) is 5.32 Å². The number of nitriles is 1. The van der Waals surface area contributed by atoms with Gasteiger partial charge in [-0.3, -0.25) is 0 Å². The van der Waals surface area contributed by atoms with Gasteiger partial charge in [-0.1, -0.05) is 24.3 Å². The summed E-state index contributed by atoms with van der Waals surface area (Å²) in [5, 5.41) is 21.8. The number of rotatable bonds is 3. The Kier molecular flexibility index (Phi) is 3.57. The third-order valence-corrected chi connectivity index (χ3v) is 2.34. The quantitative estimate of drug-likeness (QED) is 0.490. The topological polar surface area (TPSA) is 59.9 Å². The van der Waals surface area contributed by atoms with Crippen LogP contribution in [0.2, 0.25) is 0 Å². The second-order valence-corrected chi connectivity index (χ2v) is 3.58. The van der Waals surface area contributed by atoms with Crippen LogP contribution in [-0.2, 0) is 0 Å². The number of aliphatic hydroxyl groups excluding tert-OH is 1. The minimum Gasteiger partial charge on any atom is -0.489 e. The van der Waals surface area contributed by atoms with Gasteiger partial charge in [0.05, 0.1) is 0 Å². The molecule has 0 spiro atoms. The van der Waals surface area contributed by atoms with Crippen LogP contribution in [0.1, 0.15) is 0 Å². The Bertz CT molecular complexity index is 585. The zero-order valence-corrected chi connectivity index (χ0v) is 9.62. The van der Waals surface area contributed by atoms with Gasteiger partial charge >= 0.3 is 5.70 Å². The minimum absolute atomic E-state index is 0.138. The summed E-state index contributed by atoms with van der Waals surface area (Å²) < 4.78 is 1.55. The molecule has 0 unspecified atom stereocenters. The van der Waals surface area contributed by atoms with Gasteiger partial charge in [0.15, 0.2) is 18.5 Å². The van der Waals surface area contributed by atoms with Crippen molar-refractivity contribution in [3.05, 3.63) is 66.8 Å². The molecule has 0 amide bonds. The Balaban J connectivity index is 2.31. The first kappa shape index (κ1) is 11.7. The number of nitrogens with one attached hydrogen (secondary N) is 1. The molecule has 0 fully saturated rings. The summed E-state index contributed by atoms with van der Waals surface area (Å²) in [7, 11) is 0. The number of allylic oxidation sites excluding steroid dienone is 1. The summed E-state index contributed by atoms with van der Waals surface area (Å²) in [5.41, 5.74) is 0.860. The fraction of sp³-hybridized carbons (Fsp3) is 0. The van der Waals surface area contributed by atoms with Crippen molar-refractivity contribution in [1.82, 2.24) is 0 Å². The first-order valence-electron chi connectivity index (χ1n) is 5.43. The summed E-state index contributed by atoms with van der Waals surface area (Å²) in [6.07, 6.45) is 3.39. The highest BCUT2D eigenvalue weighted by Gasteiger charge is 2.15. The number of hydrogen-bond donors (Lipinski definition) is 2. The van der Waals surface area contributed by atoms with Crippen LogP contribution in [0.25, 0.3) is 5.70 Å². The molecule has 2 aromatic rings. The first-order chi connectivity index (χ1) is 8.81. The van der Waals surface area contributed by atoms with Crippen molar-refractivity contribution in [2.24, 2.45) is 0 Å². The van der Waals surface area contributed by atoms with Crippen LogP contribution in [0.4, 0.5) is 5.69 Å². The van der Waals surface area contributed by atoms with Crippen molar-refractivity contribution in [2.45, 2.75) is 0 Å². The summed E-state index contributed by atoms with van der Waals surface area (Å²) >= 11 is 0. The molecule has 0 aliphatic heterocycles. The monoisotopic (exact) mass is 238 g/mol. The molecule has 4 heteroatoms. The van der Waals surface area contributed by atoms with Gasteiger partial charge < -0.3 is 10.4 Å². The summed E-state index contributed by atoms with van der Waals surface area (Å²) in [4.78, 5) is 0. The van der Waals surface area contributed by atoms with Crippen LogP contribution < -0.4 is 9.88 Å². The molecule has 4 nitrogen and oxygen atoms in total. The number of aromatic nitrogens is 1. The molecule has 1 aromatic carbocycles. The van der Waals surface area contributed by atoms with E-state index in [0.29, 0.717) is 0 Å². The Morgan fingerprint density at radius 3 is 2.28 bits per heavy atom. The highest BCUT2D eigenvalue weighted by molar-refractivity contribution is 5.59. The lowest BCUT2D eigenvalue weighted by atomic mass is 10.3. The largest absolute Gasteiger partial charge is 0.489 e. The van der Waals surface area contributed by atoms with E-state index < -0.39 is 0 Å². The van der Waals surface area contributed by atoms with E-state index in [9.17, 15) is 5.11 Å². The molecule has 18 heavy (non-hydrogen) atoms. The fourth-order valence-corrected chi connectivity index (χ4v) is 1.50. The highest BCUT2D eigenvalue weighted by Crippen LogP contribution is 2.09. The molecular formula is C14H12N3O+. The van der Waals surface area contributed by atoms with Crippen molar-refractivity contribution in [3.8, 4) is 6.07 Å². The average Bonchev–Trinajstić information content (AvgIpc) is 2.42. The van der Waals surface area contributed by atoms with Gasteiger partial charge in [-0.15, -0.1) is 0 Å². The standard InChI is InChI=1S/C14H11N3O/c15-11-13(17-9-5-2-6-10-17)14(18)16-12-7-3-1-4-8-12/h1-10,16H/p+1/b14-13+.